The molecule has 7 heteroatoms. The van der Waals surface area contributed by atoms with E-state index in [2.05, 4.69) is 5.32 Å². The molecule has 3 N–H and O–H groups in total. The van der Waals surface area contributed by atoms with Gasteiger partial charge in [-0.2, -0.15) is 0 Å². The molecule has 19 heavy (non-hydrogen) atoms. The van der Waals surface area contributed by atoms with Crippen molar-refractivity contribution in [3.8, 4) is 5.75 Å². The van der Waals surface area contributed by atoms with E-state index in [0.717, 1.165) is 0 Å². The first-order chi connectivity index (χ1) is 8.63. The van der Waals surface area contributed by atoms with Gasteiger partial charge in [-0.25, -0.2) is 0 Å². The van der Waals surface area contributed by atoms with Crippen LogP contribution in [0.5, 0.6) is 5.75 Å². The van der Waals surface area contributed by atoms with Crippen molar-refractivity contribution in [1.29, 1.82) is 0 Å². The summed E-state index contributed by atoms with van der Waals surface area (Å²) in [4.78, 5) is 11.3. The van der Waals surface area contributed by atoms with Crippen molar-refractivity contribution in [2.45, 2.75) is 12.8 Å². The van der Waals surface area contributed by atoms with Crippen LogP contribution < -0.4 is 15.8 Å². The quantitative estimate of drug-likeness (QED) is 0.757. The van der Waals surface area contributed by atoms with Crippen LogP contribution in [-0.2, 0) is 4.79 Å². The van der Waals surface area contributed by atoms with E-state index in [4.69, 9.17) is 33.7 Å². The second-order valence-electron chi connectivity index (χ2n) is 3.67. The molecule has 108 valence electrons. The van der Waals surface area contributed by atoms with Crippen LogP contribution in [0, 0.1) is 0 Å². The molecule has 0 saturated heterocycles. The van der Waals surface area contributed by atoms with Gasteiger partial charge < -0.3 is 15.8 Å². The van der Waals surface area contributed by atoms with Crippen LogP contribution in [0.1, 0.15) is 12.8 Å². The second kappa shape index (κ2) is 10.1. The highest BCUT2D eigenvalue weighted by Gasteiger charge is 2.03. The monoisotopic (exact) mass is 326 g/mol. The Morgan fingerprint density at radius 3 is 2.74 bits per heavy atom. The van der Waals surface area contributed by atoms with Gasteiger partial charge in [0.15, 0.2) is 0 Å². The zero-order valence-electron chi connectivity index (χ0n) is 10.3. The maximum atomic E-state index is 11.3. The standard InChI is InChI=1S/C12H16Cl2N2O2.ClH/c13-9-3-4-11(10(14)8-9)18-7-1-2-12(17)16-6-5-15;/h3-4,8H,1-2,5-7,15H2,(H,16,17);1H. The van der Waals surface area contributed by atoms with Gasteiger partial charge in [-0.3, -0.25) is 4.79 Å². The molecule has 1 amide bonds. The molecule has 0 spiro atoms. The Bertz CT molecular complexity index is 403. The van der Waals surface area contributed by atoms with Gasteiger partial charge in [0, 0.05) is 24.5 Å². The van der Waals surface area contributed by atoms with E-state index in [1.54, 1.807) is 18.2 Å². The van der Waals surface area contributed by atoms with Crippen LogP contribution in [0.15, 0.2) is 18.2 Å². The Hall–Kier alpha value is -0.680. The number of ether oxygens (including phenoxy) is 1. The van der Waals surface area contributed by atoms with Gasteiger partial charge in [0.2, 0.25) is 5.91 Å². The smallest absolute Gasteiger partial charge is 0.220 e. The van der Waals surface area contributed by atoms with E-state index in [1.807, 2.05) is 0 Å². The summed E-state index contributed by atoms with van der Waals surface area (Å²) in [5.41, 5.74) is 5.27. The summed E-state index contributed by atoms with van der Waals surface area (Å²) < 4.78 is 5.45. The number of carbonyl (C=O) groups excluding carboxylic acids is 1. The van der Waals surface area contributed by atoms with Crippen molar-refractivity contribution in [1.82, 2.24) is 5.32 Å². The molecule has 0 fully saturated rings. The predicted octanol–water partition coefficient (Wildman–Crippen LogP) is 2.65. The van der Waals surface area contributed by atoms with Crippen LogP contribution in [0.4, 0.5) is 0 Å². The van der Waals surface area contributed by atoms with Crippen LogP contribution >= 0.6 is 35.6 Å². The van der Waals surface area contributed by atoms with Crippen molar-refractivity contribution < 1.29 is 9.53 Å². The first-order valence-electron chi connectivity index (χ1n) is 5.68. The Kier molecular flexibility index (Phi) is 9.79. The molecule has 0 radical (unpaired) electrons. The number of rotatable bonds is 7. The molecule has 0 aliphatic rings. The molecule has 0 aromatic heterocycles. The number of hydrogen-bond donors (Lipinski definition) is 2. The fraction of sp³-hybridized carbons (Fsp3) is 0.417. The lowest BCUT2D eigenvalue weighted by atomic mass is 10.3. The molecule has 0 aliphatic heterocycles. The fourth-order valence-electron chi connectivity index (χ4n) is 1.31. The number of nitrogens with one attached hydrogen (secondary N) is 1. The summed E-state index contributed by atoms with van der Waals surface area (Å²) in [5, 5.41) is 3.72. The maximum absolute atomic E-state index is 11.3. The maximum Gasteiger partial charge on any atom is 0.220 e. The zero-order valence-corrected chi connectivity index (χ0v) is 12.7. The van der Waals surface area contributed by atoms with Crippen molar-refractivity contribution in [3.63, 3.8) is 0 Å². The van der Waals surface area contributed by atoms with E-state index in [-0.39, 0.29) is 18.3 Å². The first-order valence-corrected chi connectivity index (χ1v) is 6.43. The topological polar surface area (TPSA) is 64.3 Å². The van der Waals surface area contributed by atoms with E-state index in [9.17, 15) is 4.79 Å². The number of benzene rings is 1. The summed E-state index contributed by atoms with van der Waals surface area (Å²) >= 11 is 11.7. The lowest BCUT2D eigenvalue weighted by Gasteiger charge is -2.08. The van der Waals surface area contributed by atoms with E-state index < -0.39 is 0 Å². The summed E-state index contributed by atoms with van der Waals surface area (Å²) in [6.45, 7) is 1.38. The number of carbonyl (C=O) groups is 1. The SMILES string of the molecule is Cl.NCCNC(=O)CCCOc1ccc(Cl)cc1Cl. The van der Waals surface area contributed by atoms with Gasteiger partial charge in [0.1, 0.15) is 5.75 Å². The summed E-state index contributed by atoms with van der Waals surface area (Å²) in [6.07, 6.45) is 1.03. The highest BCUT2D eigenvalue weighted by Crippen LogP contribution is 2.27. The van der Waals surface area contributed by atoms with Gasteiger partial charge in [-0.05, 0) is 24.6 Å². The minimum Gasteiger partial charge on any atom is -0.492 e. The minimum atomic E-state index is -0.0220. The van der Waals surface area contributed by atoms with Gasteiger partial charge in [0.05, 0.1) is 11.6 Å². The Labute approximate surface area is 129 Å². The molecule has 0 aliphatic carbocycles. The highest BCUT2D eigenvalue weighted by molar-refractivity contribution is 6.35. The molecule has 1 aromatic rings. The molecular formula is C12H17Cl3N2O2. The molecule has 0 unspecified atom stereocenters. The lowest BCUT2D eigenvalue weighted by Crippen LogP contribution is -2.29. The highest BCUT2D eigenvalue weighted by atomic mass is 35.5. The zero-order chi connectivity index (χ0) is 13.4. The van der Waals surface area contributed by atoms with Crippen LogP contribution in [0.3, 0.4) is 0 Å². The normalized spacial score (nSPS) is 9.63. The number of halogens is 3. The van der Waals surface area contributed by atoms with Crippen LogP contribution in [0.25, 0.3) is 0 Å². The largest absolute Gasteiger partial charge is 0.492 e. The Balaban J connectivity index is 0.00000324. The van der Waals surface area contributed by atoms with Crippen LogP contribution in [-0.4, -0.2) is 25.6 Å². The van der Waals surface area contributed by atoms with E-state index in [0.29, 0.717) is 48.3 Å². The van der Waals surface area contributed by atoms with Crippen molar-refractivity contribution in [2.75, 3.05) is 19.7 Å². The summed E-state index contributed by atoms with van der Waals surface area (Å²) in [5.74, 6) is 0.551. The molecule has 0 atom stereocenters. The third kappa shape index (κ3) is 7.47. The third-order valence-electron chi connectivity index (χ3n) is 2.17. The van der Waals surface area contributed by atoms with Gasteiger partial charge in [-0.15, -0.1) is 12.4 Å². The average Bonchev–Trinajstić information content (AvgIpc) is 2.34. The predicted molar refractivity (Wildman–Crippen MR) is 80.5 cm³/mol. The first kappa shape index (κ1) is 18.3. The van der Waals surface area contributed by atoms with Crippen molar-refractivity contribution >= 4 is 41.5 Å². The van der Waals surface area contributed by atoms with Gasteiger partial charge >= 0.3 is 0 Å². The van der Waals surface area contributed by atoms with E-state index in [1.165, 1.54) is 0 Å². The summed E-state index contributed by atoms with van der Waals surface area (Å²) in [7, 11) is 0. The third-order valence-corrected chi connectivity index (χ3v) is 2.70. The summed E-state index contributed by atoms with van der Waals surface area (Å²) in [6, 6.07) is 5.03. The number of amides is 1. The van der Waals surface area contributed by atoms with Crippen molar-refractivity contribution in [2.24, 2.45) is 5.73 Å². The Morgan fingerprint density at radius 2 is 2.11 bits per heavy atom. The minimum absolute atomic E-state index is 0. The lowest BCUT2D eigenvalue weighted by molar-refractivity contribution is -0.121. The molecule has 0 heterocycles. The molecule has 1 rings (SSSR count). The van der Waals surface area contributed by atoms with Gasteiger partial charge in [0.25, 0.3) is 0 Å². The van der Waals surface area contributed by atoms with Crippen molar-refractivity contribution in [3.05, 3.63) is 28.2 Å². The molecule has 1 aromatic carbocycles. The molecule has 4 nitrogen and oxygen atoms in total. The fourth-order valence-corrected chi connectivity index (χ4v) is 1.77. The molecule has 0 bridgehead atoms. The van der Waals surface area contributed by atoms with Gasteiger partial charge in [-0.1, -0.05) is 23.2 Å². The Morgan fingerprint density at radius 1 is 1.37 bits per heavy atom. The molecule has 0 saturated carbocycles. The van der Waals surface area contributed by atoms with E-state index >= 15 is 0 Å². The number of hydrogen-bond acceptors (Lipinski definition) is 3. The second-order valence-corrected chi connectivity index (χ2v) is 4.51. The van der Waals surface area contributed by atoms with Crippen LogP contribution in [0.2, 0.25) is 10.0 Å². The average molecular weight is 328 g/mol. The number of nitrogens with two attached hydrogens (primary N) is 1. The molecular weight excluding hydrogens is 311 g/mol.